The van der Waals surface area contributed by atoms with Crippen molar-refractivity contribution < 1.29 is 0 Å². The summed E-state index contributed by atoms with van der Waals surface area (Å²) < 4.78 is 0. The lowest BCUT2D eigenvalue weighted by Crippen LogP contribution is -2.18. The van der Waals surface area contributed by atoms with Gasteiger partial charge in [-0.15, -0.1) is 0 Å². The molecule has 1 heterocycles. The van der Waals surface area contributed by atoms with Gasteiger partial charge >= 0.3 is 0 Å². The Kier molecular flexibility index (Phi) is 4.04. The standard InChI is InChI=1S/C14H24N4/c1-4-7-15-12-8-13(17-10-16-12)18-11-5-6-14(2,3)9-11/h8,10-11H,4-7,9H2,1-3H3,(H2,15,16,17,18). The summed E-state index contributed by atoms with van der Waals surface area (Å²) in [4.78, 5) is 8.51. The van der Waals surface area contributed by atoms with Gasteiger partial charge in [0.25, 0.3) is 0 Å². The Morgan fingerprint density at radius 1 is 1.33 bits per heavy atom. The Bertz CT molecular complexity index is 389. The molecule has 1 aliphatic carbocycles. The Morgan fingerprint density at radius 3 is 2.78 bits per heavy atom. The molecule has 1 saturated carbocycles. The molecule has 1 unspecified atom stereocenters. The predicted octanol–water partition coefficient (Wildman–Crippen LogP) is 3.29. The van der Waals surface area contributed by atoms with Crippen LogP contribution < -0.4 is 10.6 Å². The Morgan fingerprint density at radius 2 is 2.11 bits per heavy atom. The topological polar surface area (TPSA) is 49.8 Å². The van der Waals surface area contributed by atoms with Crippen LogP contribution in [-0.4, -0.2) is 22.6 Å². The number of nitrogens with zero attached hydrogens (tertiary/aromatic N) is 2. The van der Waals surface area contributed by atoms with E-state index in [4.69, 9.17) is 0 Å². The van der Waals surface area contributed by atoms with Crippen molar-refractivity contribution in [3.8, 4) is 0 Å². The second kappa shape index (κ2) is 5.55. The van der Waals surface area contributed by atoms with Crippen LogP contribution in [0.25, 0.3) is 0 Å². The van der Waals surface area contributed by atoms with E-state index in [-0.39, 0.29) is 0 Å². The molecule has 18 heavy (non-hydrogen) atoms. The first-order valence-corrected chi connectivity index (χ1v) is 6.91. The molecule has 2 rings (SSSR count). The fourth-order valence-electron chi connectivity index (χ4n) is 2.55. The molecule has 0 radical (unpaired) electrons. The van der Waals surface area contributed by atoms with Gasteiger partial charge in [0.05, 0.1) is 0 Å². The first kappa shape index (κ1) is 13.1. The van der Waals surface area contributed by atoms with Crippen molar-refractivity contribution in [2.24, 2.45) is 5.41 Å². The minimum atomic E-state index is 0.466. The number of anilines is 2. The maximum absolute atomic E-state index is 4.30. The number of hydrogen-bond acceptors (Lipinski definition) is 4. The SMILES string of the molecule is CCCNc1cc(NC2CCC(C)(C)C2)ncn1. The van der Waals surface area contributed by atoms with Crippen molar-refractivity contribution in [2.45, 2.75) is 52.5 Å². The van der Waals surface area contributed by atoms with Crippen molar-refractivity contribution in [3.05, 3.63) is 12.4 Å². The summed E-state index contributed by atoms with van der Waals surface area (Å²) in [5, 5.41) is 6.81. The molecule has 2 N–H and O–H groups in total. The highest BCUT2D eigenvalue weighted by atomic mass is 15.1. The summed E-state index contributed by atoms with van der Waals surface area (Å²) in [5.41, 5.74) is 0.466. The first-order chi connectivity index (χ1) is 8.59. The normalized spacial score (nSPS) is 21.8. The fraction of sp³-hybridized carbons (Fsp3) is 0.714. The zero-order valence-corrected chi connectivity index (χ0v) is 11.7. The number of nitrogens with one attached hydrogen (secondary N) is 2. The highest BCUT2D eigenvalue weighted by molar-refractivity contribution is 5.47. The molecule has 0 aliphatic heterocycles. The van der Waals surface area contributed by atoms with Gasteiger partial charge in [0.2, 0.25) is 0 Å². The minimum absolute atomic E-state index is 0.466. The smallest absolute Gasteiger partial charge is 0.131 e. The average molecular weight is 248 g/mol. The van der Waals surface area contributed by atoms with Gasteiger partial charge < -0.3 is 10.6 Å². The van der Waals surface area contributed by atoms with Crippen LogP contribution in [0, 0.1) is 5.41 Å². The van der Waals surface area contributed by atoms with Crippen LogP contribution in [0.2, 0.25) is 0 Å². The number of aromatic nitrogens is 2. The minimum Gasteiger partial charge on any atom is -0.370 e. The van der Waals surface area contributed by atoms with Crippen molar-refractivity contribution in [1.82, 2.24) is 9.97 Å². The molecular weight excluding hydrogens is 224 g/mol. The van der Waals surface area contributed by atoms with E-state index in [0.29, 0.717) is 11.5 Å². The molecule has 1 aliphatic rings. The van der Waals surface area contributed by atoms with Gasteiger partial charge in [-0.25, -0.2) is 9.97 Å². The Balaban J connectivity index is 1.93. The number of rotatable bonds is 5. The lowest BCUT2D eigenvalue weighted by Gasteiger charge is -2.18. The lowest BCUT2D eigenvalue weighted by molar-refractivity contribution is 0.378. The van der Waals surface area contributed by atoms with Crippen LogP contribution in [0.4, 0.5) is 11.6 Å². The predicted molar refractivity (Wildman–Crippen MR) is 75.9 cm³/mol. The molecule has 1 fully saturated rings. The maximum atomic E-state index is 4.30. The van der Waals surface area contributed by atoms with Crippen LogP contribution in [0.3, 0.4) is 0 Å². The molecule has 1 aromatic heterocycles. The average Bonchev–Trinajstić information content (AvgIpc) is 2.66. The second-order valence-corrected chi connectivity index (χ2v) is 5.96. The Hall–Kier alpha value is -1.32. The molecule has 0 amide bonds. The van der Waals surface area contributed by atoms with Gasteiger partial charge in [0, 0.05) is 18.7 Å². The quantitative estimate of drug-likeness (QED) is 0.839. The van der Waals surface area contributed by atoms with Crippen molar-refractivity contribution in [1.29, 1.82) is 0 Å². The van der Waals surface area contributed by atoms with Crippen LogP contribution >= 0.6 is 0 Å². The van der Waals surface area contributed by atoms with Crippen LogP contribution in [0.1, 0.15) is 46.5 Å². The van der Waals surface area contributed by atoms with Crippen LogP contribution in [-0.2, 0) is 0 Å². The maximum Gasteiger partial charge on any atom is 0.131 e. The third kappa shape index (κ3) is 3.59. The summed E-state index contributed by atoms with van der Waals surface area (Å²) in [6.45, 7) is 7.77. The van der Waals surface area contributed by atoms with E-state index >= 15 is 0 Å². The second-order valence-electron chi connectivity index (χ2n) is 5.96. The summed E-state index contributed by atoms with van der Waals surface area (Å²) in [6.07, 6.45) is 6.46. The lowest BCUT2D eigenvalue weighted by atomic mass is 9.92. The highest BCUT2D eigenvalue weighted by Crippen LogP contribution is 2.38. The fourth-order valence-corrected chi connectivity index (χ4v) is 2.55. The van der Waals surface area contributed by atoms with E-state index in [1.54, 1.807) is 6.33 Å². The van der Waals surface area contributed by atoms with Gasteiger partial charge in [-0.1, -0.05) is 20.8 Å². The van der Waals surface area contributed by atoms with E-state index in [1.807, 2.05) is 6.07 Å². The molecule has 1 aromatic rings. The molecule has 4 nitrogen and oxygen atoms in total. The van der Waals surface area contributed by atoms with Gasteiger partial charge in [0.15, 0.2) is 0 Å². The summed E-state index contributed by atoms with van der Waals surface area (Å²) in [6, 6.07) is 2.55. The monoisotopic (exact) mass is 248 g/mol. The zero-order chi connectivity index (χ0) is 13.0. The van der Waals surface area contributed by atoms with E-state index in [1.165, 1.54) is 19.3 Å². The van der Waals surface area contributed by atoms with Crippen molar-refractivity contribution in [2.75, 3.05) is 17.2 Å². The van der Waals surface area contributed by atoms with Gasteiger partial charge in [-0.05, 0) is 31.1 Å². The number of hydrogen-bond donors (Lipinski definition) is 2. The third-order valence-corrected chi connectivity index (χ3v) is 3.54. The van der Waals surface area contributed by atoms with Crippen molar-refractivity contribution in [3.63, 3.8) is 0 Å². The molecular formula is C14H24N4. The molecule has 100 valence electrons. The van der Waals surface area contributed by atoms with Gasteiger partial charge in [-0.2, -0.15) is 0 Å². The molecule has 0 aromatic carbocycles. The first-order valence-electron chi connectivity index (χ1n) is 6.91. The van der Waals surface area contributed by atoms with Crippen LogP contribution in [0.5, 0.6) is 0 Å². The summed E-state index contributed by atoms with van der Waals surface area (Å²) >= 11 is 0. The molecule has 1 atom stereocenters. The molecule has 4 heteroatoms. The van der Waals surface area contributed by atoms with E-state index < -0.39 is 0 Å². The summed E-state index contributed by atoms with van der Waals surface area (Å²) in [7, 11) is 0. The van der Waals surface area contributed by atoms with E-state index in [0.717, 1.165) is 24.6 Å². The highest BCUT2D eigenvalue weighted by Gasteiger charge is 2.30. The van der Waals surface area contributed by atoms with Crippen molar-refractivity contribution >= 4 is 11.6 Å². The zero-order valence-electron chi connectivity index (χ0n) is 11.7. The van der Waals surface area contributed by atoms with E-state index in [2.05, 4.69) is 41.4 Å². The molecule has 0 spiro atoms. The molecule has 0 saturated heterocycles. The Labute approximate surface area is 110 Å². The summed E-state index contributed by atoms with van der Waals surface area (Å²) in [5.74, 6) is 1.85. The van der Waals surface area contributed by atoms with Gasteiger partial charge in [0.1, 0.15) is 18.0 Å². The van der Waals surface area contributed by atoms with E-state index in [9.17, 15) is 0 Å². The van der Waals surface area contributed by atoms with Gasteiger partial charge in [-0.3, -0.25) is 0 Å². The third-order valence-electron chi connectivity index (χ3n) is 3.54. The van der Waals surface area contributed by atoms with Crippen LogP contribution in [0.15, 0.2) is 12.4 Å². The molecule has 0 bridgehead atoms. The largest absolute Gasteiger partial charge is 0.370 e.